The normalized spacial score (nSPS) is 10.3. The van der Waals surface area contributed by atoms with Gasteiger partial charge < -0.3 is 19.5 Å². The fourth-order valence-electron chi connectivity index (χ4n) is 1.91. The van der Waals surface area contributed by atoms with Crippen LogP contribution >= 0.6 is 46.4 Å². The summed E-state index contributed by atoms with van der Waals surface area (Å²) in [4.78, 5) is 23.4. The van der Waals surface area contributed by atoms with E-state index in [9.17, 15) is 9.59 Å². The van der Waals surface area contributed by atoms with E-state index in [-0.39, 0.29) is 31.4 Å². The van der Waals surface area contributed by atoms with Crippen LogP contribution in [0.25, 0.3) is 0 Å². The monoisotopic (exact) mass is 465 g/mol. The van der Waals surface area contributed by atoms with Crippen LogP contribution in [0.1, 0.15) is 0 Å². The third kappa shape index (κ3) is 7.64. The highest BCUT2D eigenvalue weighted by molar-refractivity contribution is 6.36. The molecule has 0 aliphatic rings. The molecule has 0 saturated carbocycles. The number of carbonyl (C=O) groups excluding carboxylic acids is 2. The van der Waals surface area contributed by atoms with Crippen molar-refractivity contribution in [3.8, 4) is 11.5 Å². The molecule has 0 saturated heterocycles. The molecule has 0 atom stereocenters. The third-order valence-corrected chi connectivity index (χ3v) is 4.24. The van der Waals surface area contributed by atoms with Crippen molar-refractivity contribution in [2.24, 2.45) is 0 Å². The highest BCUT2D eigenvalue weighted by Gasteiger charge is 2.09. The van der Waals surface area contributed by atoms with Gasteiger partial charge in [0.1, 0.15) is 18.1 Å². The molecule has 0 aliphatic heterocycles. The van der Waals surface area contributed by atoms with Gasteiger partial charge in [0, 0.05) is 10.0 Å². The average Bonchev–Trinajstić information content (AvgIpc) is 2.64. The van der Waals surface area contributed by atoms with Gasteiger partial charge in [-0.15, -0.1) is 0 Å². The lowest BCUT2D eigenvalue weighted by atomic mass is 10.3. The summed E-state index contributed by atoms with van der Waals surface area (Å²) in [6, 6.07) is 9.30. The molecule has 0 bridgehead atoms. The number of amides is 1. The Kier molecular flexibility index (Phi) is 8.99. The van der Waals surface area contributed by atoms with Crippen LogP contribution in [0.15, 0.2) is 36.4 Å². The van der Waals surface area contributed by atoms with E-state index in [0.717, 1.165) is 0 Å². The first kappa shape index (κ1) is 22.4. The van der Waals surface area contributed by atoms with Gasteiger partial charge in [-0.1, -0.05) is 46.4 Å². The smallest absolute Gasteiger partial charge is 0.344 e. The Labute approximate surface area is 181 Å². The van der Waals surface area contributed by atoms with Gasteiger partial charge in [-0.3, -0.25) is 4.79 Å². The number of hydrogen-bond donors (Lipinski definition) is 1. The topological polar surface area (TPSA) is 73.9 Å². The van der Waals surface area contributed by atoms with Gasteiger partial charge in [0.05, 0.1) is 16.6 Å². The van der Waals surface area contributed by atoms with Crippen molar-refractivity contribution in [1.82, 2.24) is 5.32 Å². The Hall–Kier alpha value is -1.86. The van der Waals surface area contributed by atoms with E-state index in [4.69, 9.17) is 60.6 Å². The lowest BCUT2D eigenvalue weighted by Crippen LogP contribution is -2.32. The van der Waals surface area contributed by atoms with E-state index in [1.54, 1.807) is 24.3 Å². The van der Waals surface area contributed by atoms with Crippen LogP contribution in [-0.2, 0) is 14.3 Å². The third-order valence-electron chi connectivity index (χ3n) is 3.18. The summed E-state index contributed by atoms with van der Waals surface area (Å²) >= 11 is 23.4. The van der Waals surface area contributed by atoms with Crippen molar-refractivity contribution in [1.29, 1.82) is 0 Å². The molecule has 2 aromatic carbocycles. The maximum atomic E-state index is 11.7. The molecule has 6 nitrogen and oxygen atoms in total. The molecule has 0 heterocycles. The Balaban J connectivity index is 1.61. The van der Waals surface area contributed by atoms with Gasteiger partial charge in [-0.25, -0.2) is 4.79 Å². The minimum Gasteiger partial charge on any atom is -0.482 e. The standard InChI is InChI=1S/C18H15Cl4NO5/c19-11-1-3-15(13(21)7-11)27-9-17(24)23-5-6-26-18(25)10-28-16-4-2-12(20)8-14(16)22/h1-4,7-8H,5-6,9-10H2,(H,23,24). The fourth-order valence-corrected chi connectivity index (χ4v) is 2.84. The maximum Gasteiger partial charge on any atom is 0.344 e. The predicted octanol–water partition coefficient (Wildman–Crippen LogP) is 4.42. The molecule has 150 valence electrons. The minimum absolute atomic E-state index is 0.0238. The first-order valence-electron chi connectivity index (χ1n) is 7.93. The predicted molar refractivity (Wildman–Crippen MR) is 108 cm³/mol. The summed E-state index contributed by atoms with van der Waals surface area (Å²) in [6.07, 6.45) is 0. The number of halogens is 4. The first-order valence-corrected chi connectivity index (χ1v) is 9.44. The molecule has 0 aromatic heterocycles. The maximum absolute atomic E-state index is 11.7. The largest absolute Gasteiger partial charge is 0.482 e. The first-order chi connectivity index (χ1) is 13.3. The van der Waals surface area contributed by atoms with Gasteiger partial charge in [0.25, 0.3) is 5.91 Å². The highest BCUT2D eigenvalue weighted by atomic mass is 35.5. The summed E-state index contributed by atoms with van der Waals surface area (Å²) in [7, 11) is 0. The molecular weight excluding hydrogens is 452 g/mol. The van der Waals surface area contributed by atoms with Crippen molar-refractivity contribution in [3.63, 3.8) is 0 Å². The van der Waals surface area contributed by atoms with Crippen LogP contribution in [0, 0.1) is 0 Å². The van der Waals surface area contributed by atoms with Crippen molar-refractivity contribution in [2.75, 3.05) is 26.4 Å². The fraction of sp³-hybridized carbons (Fsp3) is 0.222. The van der Waals surface area contributed by atoms with Crippen LogP contribution in [0.3, 0.4) is 0 Å². The molecule has 2 rings (SSSR count). The van der Waals surface area contributed by atoms with E-state index in [1.165, 1.54) is 12.1 Å². The Bertz CT molecular complexity index is 777. The molecule has 28 heavy (non-hydrogen) atoms. The minimum atomic E-state index is -0.607. The van der Waals surface area contributed by atoms with Gasteiger partial charge >= 0.3 is 5.97 Å². The molecule has 1 amide bonds. The number of ether oxygens (including phenoxy) is 3. The molecule has 0 spiro atoms. The number of carbonyl (C=O) groups is 2. The van der Waals surface area contributed by atoms with Crippen LogP contribution < -0.4 is 14.8 Å². The van der Waals surface area contributed by atoms with Crippen molar-refractivity contribution < 1.29 is 23.8 Å². The van der Waals surface area contributed by atoms with E-state index < -0.39 is 11.9 Å². The Morgan fingerprint density at radius 1 is 0.821 bits per heavy atom. The summed E-state index contributed by atoms with van der Waals surface area (Å²) < 4.78 is 15.5. The molecule has 1 N–H and O–H groups in total. The highest BCUT2D eigenvalue weighted by Crippen LogP contribution is 2.28. The van der Waals surface area contributed by atoms with E-state index >= 15 is 0 Å². The second-order valence-electron chi connectivity index (χ2n) is 5.30. The van der Waals surface area contributed by atoms with E-state index in [0.29, 0.717) is 26.6 Å². The van der Waals surface area contributed by atoms with Crippen LogP contribution in [0.2, 0.25) is 20.1 Å². The van der Waals surface area contributed by atoms with Gasteiger partial charge in [-0.05, 0) is 36.4 Å². The lowest BCUT2D eigenvalue weighted by Gasteiger charge is -2.10. The quantitative estimate of drug-likeness (QED) is 0.437. The van der Waals surface area contributed by atoms with Gasteiger partial charge in [0.2, 0.25) is 0 Å². The summed E-state index contributed by atoms with van der Waals surface area (Å²) in [6.45, 7) is -0.477. The van der Waals surface area contributed by atoms with Gasteiger partial charge in [0.15, 0.2) is 13.2 Å². The zero-order chi connectivity index (χ0) is 20.5. The zero-order valence-electron chi connectivity index (χ0n) is 14.3. The Morgan fingerprint density at radius 2 is 1.36 bits per heavy atom. The summed E-state index contributed by atoms with van der Waals surface area (Å²) in [5.74, 6) is -0.351. The summed E-state index contributed by atoms with van der Waals surface area (Å²) in [5.41, 5.74) is 0. The second kappa shape index (κ2) is 11.2. The number of esters is 1. The summed E-state index contributed by atoms with van der Waals surface area (Å²) in [5, 5.41) is 4.05. The average molecular weight is 467 g/mol. The molecule has 0 radical (unpaired) electrons. The second-order valence-corrected chi connectivity index (χ2v) is 6.98. The number of hydrogen-bond acceptors (Lipinski definition) is 5. The zero-order valence-corrected chi connectivity index (χ0v) is 17.4. The van der Waals surface area contributed by atoms with Crippen molar-refractivity contribution in [3.05, 3.63) is 56.5 Å². The van der Waals surface area contributed by atoms with Crippen LogP contribution in [0.4, 0.5) is 0 Å². The molecule has 0 unspecified atom stereocenters. The lowest BCUT2D eigenvalue weighted by molar-refractivity contribution is -0.146. The molecule has 10 heteroatoms. The Morgan fingerprint density at radius 3 is 1.89 bits per heavy atom. The molecular formula is C18H15Cl4NO5. The number of nitrogens with one attached hydrogen (secondary N) is 1. The van der Waals surface area contributed by atoms with Crippen molar-refractivity contribution in [2.45, 2.75) is 0 Å². The number of rotatable bonds is 9. The van der Waals surface area contributed by atoms with Gasteiger partial charge in [-0.2, -0.15) is 0 Å². The van der Waals surface area contributed by atoms with Crippen LogP contribution in [-0.4, -0.2) is 38.2 Å². The molecule has 2 aromatic rings. The van der Waals surface area contributed by atoms with Crippen LogP contribution in [0.5, 0.6) is 11.5 Å². The van der Waals surface area contributed by atoms with E-state index in [2.05, 4.69) is 5.32 Å². The molecule has 0 fully saturated rings. The molecule has 0 aliphatic carbocycles. The van der Waals surface area contributed by atoms with E-state index in [1.807, 2.05) is 0 Å². The van der Waals surface area contributed by atoms with Crippen molar-refractivity contribution >= 4 is 58.3 Å². The SMILES string of the molecule is O=C(COc1ccc(Cl)cc1Cl)NCCOC(=O)COc1ccc(Cl)cc1Cl. The number of benzene rings is 2.